The number of benzene rings is 18. The van der Waals surface area contributed by atoms with Crippen molar-refractivity contribution in [1.82, 2.24) is 0 Å². The van der Waals surface area contributed by atoms with Crippen LogP contribution in [0.1, 0.15) is 115 Å². The molecule has 18 rings (SSSR count). The molecule has 0 aliphatic rings. The lowest BCUT2D eigenvalue weighted by Gasteiger charge is -2.29. The third-order valence-corrected chi connectivity index (χ3v) is 23.7. The Morgan fingerprint density at radius 2 is 0.602 bits per heavy atom. The molecule has 0 bridgehead atoms. The first kappa shape index (κ1) is 84.5. The van der Waals surface area contributed by atoms with Crippen molar-refractivity contribution >= 4 is 102 Å². The number of hydrogen-bond acceptors (Lipinski definition) is 2. The molecule has 0 radical (unpaired) electrons. The van der Waals surface area contributed by atoms with Crippen molar-refractivity contribution in [3.05, 3.63) is 574 Å². The van der Waals surface area contributed by atoms with Gasteiger partial charge in [0.2, 0.25) is 0 Å². The van der Waals surface area contributed by atoms with Gasteiger partial charge in [-0.15, -0.1) is 0 Å². The van der Waals surface area contributed by atoms with E-state index in [1.165, 1.54) is 138 Å². The summed E-state index contributed by atoms with van der Waals surface area (Å²) in [6.07, 6.45) is 22.3. The smallest absolute Gasteiger partial charge is 0.0540 e. The molecule has 0 aliphatic heterocycles. The van der Waals surface area contributed by atoms with Crippen molar-refractivity contribution < 1.29 is 0 Å². The highest BCUT2D eigenvalue weighted by Crippen LogP contribution is 2.46. The number of allylic oxidation sites excluding steroid dienone is 6. The molecule has 18 aromatic rings. The normalized spacial score (nSPS) is 11.3. The van der Waals surface area contributed by atoms with Crippen molar-refractivity contribution in [3.63, 3.8) is 0 Å². The number of anilines is 6. The Labute approximate surface area is 756 Å². The van der Waals surface area contributed by atoms with Gasteiger partial charge in [0.05, 0.1) is 11.4 Å². The second kappa shape index (κ2) is 39.8. The van der Waals surface area contributed by atoms with Crippen molar-refractivity contribution in [2.75, 3.05) is 9.80 Å². The van der Waals surface area contributed by atoms with Gasteiger partial charge < -0.3 is 9.80 Å². The molecule has 0 aromatic heterocycles. The Kier molecular flexibility index (Phi) is 26.3. The lowest BCUT2D eigenvalue weighted by Crippen LogP contribution is -2.12. The first-order chi connectivity index (χ1) is 62.7. The van der Waals surface area contributed by atoms with Gasteiger partial charge in [-0.3, -0.25) is 0 Å². The molecule has 0 saturated heterocycles. The van der Waals surface area contributed by atoms with E-state index in [4.69, 9.17) is 0 Å². The highest BCUT2D eigenvalue weighted by Gasteiger charge is 2.23. The zero-order chi connectivity index (χ0) is 87.6. The second-order valence-corrected chi connectivity index (χ2v) is 33.9. The molecule has 0 spiro atoms. The van der Waals surface area contributed by atoms with Gasteiger partial charge >= 0.3 is 0 Å². The highest BCUT2D eigenvalue weighted by atomic mass is 15.1. The zero-order valence-corrected chi connectivity index (χ0v) is 73.8. The maximum atomic E-state index is 2.43. The van der Waals surface area contributed by atoms with Crippen LogP contribution >= 0.6 is 0 Å². The molecule has 18 aromatic carbocycles. The van der Waals surface area contributed by atoms with E-state index in [-0.39, 0.29) is 5.41 Å². The van der Waals surface area contributed by atoms with Gasteiger partial charge in [0.25, 0.3) is 0 Å². The van der Waals surface area contributed by atoms with Gasteiger partial charge in [0.15, 0.2) is 0 Å². The number of rotatable bonds is 23. The van der Waals surface area contributed by atoms with E-state index in [0.717, 1.165) is 56.4 Å². The number of hydrogen-bond donors (Lipinski definition) is 0. The predicted molar refractivity (Wildman–Crippen MR) is 553 cm³/mol. The maximum absolute atomic E-state index is 2.43. The summed E-state index contributed by atoms with van der Waals surface area (Å²) in [5.74, 6) is 0. The zero-order valence-electron chi connectivity index (χ0n) is 73.8. The molecule has 0 aliphatic carbocycles. The summed E-state index contributed by atoms with van der Waals surface area (Å²) in [6, 6.07) is 160. The van der Waals surface area contributed by atoms with Gasteiger partial charge in [-0.05, 0) is 240 Å². The van der Waals surface area contributed by atoms with Gasteiger partial charge in [-0.2, -0.15) is 0 Å². The number of aryl methyl sites for hydroxylation is 4. The summed E-state index contributed by atoms with van der Waals surface area (Å²) >= 11 is 0. The Hall–Kier alpha value is -15.7. The summed E-state index contributed by atoms with van der Waals surface area (Å²) in [5.41, 5.74) is 36.4. The van der Waals surface area contributed by atoms with Crippen LogP contribution in [0, 0.1) is 27.7 Å². The van der Waals surface area contributed by atoms with Crippen molar-refractivity contribution in [3.8, 4) is 22.3 Å². The lowest BCUT2D eigenvalue weighted by molar-refractivity contribution is 0.591. The number of fused-ring (bicyclic) bond motifs is 2. The van der Waals surface area contributed by atoms with Crippen LogP contribution in [0.5, 0.6) is 0 Å². The minimum absolute atomic E-state index is 0.0365. The minimum atomic E-state index is -0.0365. The molecule has 128 heavy (non-hydrogen) atoms. The van der Waals surface area contributed by atoms with Crippen LogP contribution in [0.25, 0.3) is 90.4 Å². The Morgan fingerprint density at radius 3 is 1.09 bits per heavy atom. The summed E-state index contributed by atoms with van der Waals surface area (Å²) in [5, 5.41) is 4.76. The number of para-hydroxylation sites is 1. The summed E-state index contributed by atoms with van der Waals surface area (Å²) in [4.78, 5) is 4.84. The van der Waals surface area contributed by atoms with E-state index in [9.17, 15) is 0 Å². The van der Waals surface area contributed by atoms with Crippen LogP contribution in [-0.2, 0) is 5.41 Å². The quantitative estimate of drug-likeness (QED) is 0.0465. The third kappa shape index (κ3) is 20.4. The fourth-order valence-corrected chi connectivity index (χ4v) is 16.9. The second-order valence-electron chi connectivity index (χ2n) is 33.9. The highest BCUT2D eigenvalue weighted by molar-refractivity contribution is 6.07. The Balaban J connectivity index is 0.000000180. The molecule has 0 amide bonds. The molecular formula is C126H104N2. The Morgan fingerprint density at radius 1 is 0.219 bits per heavy atom. The molecule has 0 N–H and O–H groups in total. The van der Waals surface area contributed by atoms with Crippen LogP contribution in [0.2, 0.25) is 0 Å². The van der Waals surface area contributed by atoms with E-state index in [1.807, 2.05) is 0 Å². The lowest BCUT2D eigenvalue weighted by atomic mass is 9.84. The van der Waals surface area contributed by atoms with Crippen molar-refractivity contribution in [2.24, 2.45) is 0 Å². The van der Waals surface area contributed by atoms with E-state index in [1.54, 1.807) is 0 Å². The van der Waals surface area contributed by atoms with Gasteiger partial charge in [0.1, 0.15) is 0 Å². The van der Waals surface area contributed by atoms with Crippen LogP contribution in [0.15, 0.2) is 479 Å². The molecular weight excluding hydrogens is 1540 g/mol. The SMILES string of the molecule is Cc1ccc(-c2cc(/C=C/C=C(c3ccccc3)c3ccccc3)cc(N(c3ccccc3)c3ccc(/C=C/C=C(c4ccccc4)c4ccccc4)c4ccccc34)c2)cc1.Cc1ccc(C(=Cc2ccc(N(c3ccc(/C=C/C=C(c4ccccc4)c4ccccc4)cc3)c3cccc(-c4cccc(C)c4)c3)c3ccc(C(C)(C)C)cc23)c2ccc(C)cc2)cc1. The van der Waals surface area contributed by atoms with Crippen molar-refractivity contribution in [1.29, 1.82) is 0 Å². The summed E-state index contributed by atoms with van der Waals surface area (Å²) in [7, 11) is 0. The molecule has 2 heteroatoms. The van der Waals surface area contributed by atoms with Crippen molar-refractivity contribution in [2.45, 2.75) is 53.9 Å². The van der Waals surface area contributed by atoms with E-state index >= 15 is 0 Å². The molecule has 2 nitrogen and oxygen atoms in total. The average Bonchev–Trinajstić information content (AvgIpc) is 0.754. The number of nitrogens with zero attached hydrogens (tertiary/aromatic N) is 2. The van der Waals surface area contributed by atoms with Crippen LogP contribution in [0.4, 0.5) is 34.1 Å². The molecule has 0 heterocycles. The fourth-order valence-electron chi connectivity index (χ4n) is 16.9. The van der Waals surface area contributed by atoms with Crippen LogP contribution < -0.4 is 9.80 Å². The topological polar surface area (TPSA) is 6.48 Å². The average molecular weight is 1650 g/mol. The first-order valence-corrected chi connectivity index (χ1v) is 44.3. The van der Waals surface area contributed by atoms with Gasteiger partial charge in [0, 0.05) is 33.5 Å². The molecule has 0 atom stereocenters. The standard InChI is InChI=1S/C65H57N.C61H47N/c1-46-26-32-52(33-27-46)62(53-34-28-47(2)29-35-53)44-56-36-41-64(61-40-37-57(45-63(56)61)65(4,5)6)66(59-24-15-23-55(43-59)54-22-13-16-48(3)42-54)58-38-30-49(31-39-58)17-14-25-60(50-18-9-7-10-19-50)51-20-11-8-12-21-51;1-46-37-39-48(40-38-46)54-43-47(21-19-35-57(49-22-7-2-8-23-49)50-24-9-3-10-25-50)44-56(45-54)62(55-31-15-6-16-32-55)61-42-41-53(59-33-17-18-34-60(59)61)30-20-36-58(51-26-11-4-12-27-51)52-28-13-5-14-29-52/h7-45H,1-6H3;2-45H,1H3/b17-14+;21-19+,30-20+. The largest absolute Gasteiger partial charge is 0.310 e. The predicted octanol–water partition coefficient (Wildman–Crippen LogP) is 34.5. The maximum Gasteiger partial charge on any atom is 0.0540 e. The van der Waals surface area contributed by atoms with E-state index in [0.29, 0.717) is 0 Å². The fraction of sp³-hybridized carbons (Fsp3) is 0.0635. The summed E-state index contributed by atoms with van der Waals surface area (Å²) < 4.78 is 0. The van der Waals surface area contributed by atoms with Gasteiger partial charge in [-0.25, -0.2) is 0 Å². The van der Waals surface area contributed by atoms with E-state index in [2.05, 4.69) is 562 Å². The molecule has 0 unspecified atom stereocenters. The van der Waals surface area contributed by atoms with Gasteiger partial charge in [-0.1, -0.05) is 468 Å². The van der Waals surface area contributed by atoms with E-state index < -0.39 is 0 Å². The molecule has 0 saturated carbocycles. The Bertz CT molecular complexity index is 6900. The monoisotopic (exact) mass is 1640 g/mol. The van der Waals surface area contributed by atoms with Crippen LogP contribution in [0.3, 0.4) is 0 Å². The third-order valence-electron chi connectivity index (χ3n) is 23.7. The molecule has 0 fully saturated rings. The molecule has 618 valence electrons. The van der Waals surface area contributed by atoms with Crippen LogP contribution in [-0.4, -0.2) is 0 Å². The first-order valence-electron chi connectivity index (χ1n) is 44.3. The minimum Gasteiger partial charge on any atom is -0.310 e. The summed E-state index contributed by atoms with van der Waals surface area (Å²) in [6.45, 7) is 15.5.